The molecule has 1 aliphatic rings. The standard InChI is InChI=1S/C25H26ClN3O5S2/c1-2-34-25(31)24-21(16-22(35-24)18-7-4-3-5-8-18)27-23(30)17-28-11-13-29(14-12-28)36(32,33)20-10-6-9-19(26)15-20/h3-10,15-16H,2,11-14,17H2,1H3,(H,27,30). The molecule has 8 nitrogen and oxygen atoms in total. The number of thiophene rings is 1. The molecule has 0 saturated carbocycles. The molecule has 0 bridgehead atoms. The molecule has 0 unspecified atom stereocenters. The molecule has 1 N–H and O–H groups in total. The SMILES string of the molecule is CCOC(=O)c1sc(-c2ccccc2)cc1NC(=O)CN1CCN(S(=O)(=O)c2cccc(Cl)c2)CC1. The second-order valence-corrected chi connectivity index (χ2v) is 11.6. The fourth-order valence-electron chi connectivity index (χ4n) is 3.87. The minimum atomic E-state index is -3.66. The summed E-state index contributed by atoms with van der Waals surface area (Å²) in [6, 6.07) is 17.6. The maximum atomic E-state index is 12.9. The first kappa shape index (κ1) is 26.3. The van der Waals surface area contributed by atoms with Crippen LogP contribution in [0.5, 0.6) is 0 Å². The summed E-state index contributed by atoms with van der Waals surface area (Å²) in [4.78, 5) is 28.6. The minimum Gasteiger partial charge on any atom is -0.462 e. The smallest absolute Gasteiger partial charge is 0.350 e. The van der Waals surface area contributed by atoms with Crippen molar-refractivity contribution in [2.75, 3.05) is 44.6 Å². The summed E-state index contributed by atoms with van der Waals surface area (Å²) in [7, 11) is -3.66. The molecule has 1 fully saturated rings. The minimum absolute atomic E-state index is 0.0732. The first-order valence-corrected chi connectivity index (χ1v) is 14.1. The average molecular weight is 548 g/mol. The lowest BCUT2D eigenvalue weighted by molar-refractivity contribution is -0.117. The summed E-state index contributed by atoms with van der Waals surface area (Å²) in [6.07, 6.45) is 0. The molecular weight excluding hydrogens is 522 g/mol. The van der Waals surface area contributed by atoms with Crippen LogP contribution in [0, 0.1) is 0 Å². The summed E-state index contributed by atoms with van der Waals surface area (Å²) >= 11 is 7.22. The van der Waals surface area contributed by atoms with Gasteiger partial charge in [0.05, 0.1) is 23.7 Å². The highest BCUT2D eigenvalue weighted by Gasteiger charge is 2.29. The number of ether oxygens (including phenoxy) is 1. The molecule has 4 rings (SSSR count). The van der Waals surface area contributed by atoms with Crippen LogP contribution in [-0.2, 0) is 19.6 Å². The van der Waals surface area contributed by atoms with E-state index in [4.69, 9.17) is 16.3 Å². The molecule has 2 aromatic carbocycles. The number of halogens is 1. The average Bonchev–Trinajstić information content (AvgIpc) is 3.29. The van der Waals surface area contributed by atoms with E-state index in [-0.39, 0.29) is 37.0 Å². The number of carbonyl (C=O) groups is 2. The Hall–Kier alpha value is -2.76. The van der Waals surface area contributed by atoms with Crippen molar-refractivity contribution in [2.24, 2.45) is 0 Å². The van der Waals surface area contributed by atoms with Crippen LogP contribution in [0.1, 0.15) is 16.6 Å². The summed E-state index contributed by atoms with van der Waals surface area (Å²) in [5, 5.41) is 3.20. The normalized spacial score (nSPS) is 14.9. The van der Waals surface area contributed by atoms with Crippen LogP contribution in [0.25, 0.3) is 10.4 Å². The van der Waals surface area contributed by atoms with Crippen LogP contribution in [0.3, 0.4) is 0 Å². The van der Waals surface area contributed by atoms with Crippen molar-refractivity contribution in [1.82, 2.24) is 9.21 Å². The van der Waals surface area contributed by atoms with Crippen LogP contribution < -0.4 is 5.32 Å². The van der Waals surface area contributed by atoms with Crippen LogP contribution >= 0.6 is 22.9 Å². The quantitative estimate of drug-likeness (QED) is 0.425. The number of nitrogens with one attached hydrogen (secondary N) is 1. The van der Waals surface area contributed by atoms with Gasteiger partial charge in [0, 0.05) is 36.1 Å². The van der Waals surface area contributed by atoms with Crippen molar-refractivity contribution in [3.8, 4) is 10.4 Å². The van der Waals surface area contributed by atoms with Crippen LogP contribution in [0.4, 0.5) is 5.69 Å². The zero-order chi connectivity index (χ0) is 25.7. The predicted octanol–water partition coefficient (Wildman–Crippen LogP) is 4.19. The van der Waals surface area contributed by atoms with Gasteiger partial charge in [-0.1, -0.05) is 48.0 Å². The molecule has 1 aromatic heterocycles. The number of amides is 1. The van der Waals surface area contributed by atoms with E-state index in [1.807, 2.05) is 35.2 Å². The van der Waals surface area contributed by atoms with Gasteiger partial charge in [-0.05, 0) is 36.8 Å². The Morgan fingerprint density at radius 2 is 1.75 bits per heavy atom. The first-order valence-electron chi connectivity index (χ1n) is 11.4. The number of nitrogens with zero attached hydrogens (tertiary/aromatic N) is 2. The second-order valence-electron chi connectivity index (χ2n) is 8.13. The highest BCUT2D eigenvalue weighted by Crippen LogP contribution is 2.35. The van der Waals surface area contributed by atoms with Crippen molar-refractivity contribution in [1.29, 1.82) is 0 Å². The molecule has 3 aromatic rings. The Labute approximate surface area is 219 Å². The van der Waals surface area contributed by atoms with Crippen LogP contribution in [-0.4, -0.2) is 68.8 Å². The fourth-order valence-corrected chi connectivity index (χ4v) is 6.61. The summed E-state index contributed by atoms with van der Waals surface area (Å²) in [5.41, 5.74) is 1.34. The molecule has 36 heavy (non-hydrogen) atoms. The van der Waals surface area contributed by atoms with Crippen LogP contribution in [0.15, 0.2) is 65.6 Å². The molecule has 0 spiro atoms. The van der Waals surface area contributed by atoms with Gasteiger partial charge in [-0.2, -0.15) is 4.31 Å². The van der Waals surface area contributed by atoms with E-state index in [0.717, 1.165) is 10.4 Å². The number of hydrogen-bond acceptors (Lipinski definition) is 7. The van der Waals surface area contributed by atoms with Gasteiger partial charge in [0.2, 0.25) is 15.9 Å². The van der Waals surface area contributed by atoms with Crippen LogP contribution in [0.2, 0.25) is 5.02 Å². The van der Waals surface area contributed by atoms with Crippen molar-refractivity contribution >= 4 is 50.5 Å². The molecular formula is C25H26ClN3O5S2. The first-order chi connectivity index (χ1) is 17.3. The molecule has 0 atom stereocenters. The molecule has 0 aliphatic carbocycles. The van der Waals surface area contributed by atoms with Gasteiger partial charge >= 0.3 is 5.97 Å². The van der Waals surface area contributed by atoms with E-state index < -0.39 is 16.0 Å². The lowest BCUT2D eigenvalue weighted by atomic mass is 10.2. The Morgan fingerprint density at radius 3 is 2.42 bits per heavy atom. The number of carbonyl (C=O) groups excluding carboxylic acids is 2. The van der Waals surface area contributed by atoms with Crippen molar-refractivity contribution in [3.63, 3.8) is 0 Å². The largest absolute Gasteiger partial charge is 0.462 e. The molecule has 11 heteroatoms. The summed E-state index contributed by atoms with van der Waals surface area (Å²) < 4.78 is 32.4. The molecule has 2 heterocycles. The third kappa shape index (κ3) is 6.13. The van der Waals surface area contributed by atoms with Crippen molar-refractivity contribution < 1.29 is 22.7 Å². The molecule has 1 amide bonds. The lowest BCUT2D eigenvalue weighted by Crippen LogP contribution is -2.50. The van der Waals surface area contributed by atoms with Gasteiger partial charge < -0.3 is 10.1 Å². The van der Waals surface area contributed by atoms with Gasteiger partial charge in [0.15, 0.2) is 0 Å². The van der Waals surface area contributed by atoms with Gasteiger partial charge in [0.25, 0.3) is 0 Å². The van der Waals surface area contributed by atoms with Crippen molar-refractivity contribution in [2.45, 2.75) is 11.8 Å². The number of benzene rings is 2. The van der Waals surface area contributed by atoms with E-state index in [2.05, 4.69) is 5.32 Å². The molecule has 1 saturated heterocycles. The Morgan fingerprint density at radius 1 is 1.03 bits per heavy atom. The zero-order valence-corrected chi connectivity index (χ0v) is 22.0. The van der Waals surface area contributed by atoms with Gasteiger partial charge in [-0.3, -0.25) is 9.69 Å². The van der Waals surface area contributed by atoms with E-state index in [9.17, 15) is 18.0 Å². The predicted molar refractivity (Wildman–Crippen MR) is 141 cm³/mol. The third-order valence-corrected chi connectivity index (χ3v) is 8.95. The third-order valence-electron chi connectivity index (χ3n) is 5.66. The Kier molecular flexibility index (Phi) is 8.43. The fraction of sp³-hybridized carbons (Fsp3) is 0.280. The maximum Gasteiger partial charge on any atom is 0.350 e. The summed E-state index contributed by atoms with van der Waals surface area (Å²) in [6.45, 7) is 3.35. The number of sulfonamides is 1. The van der Waals surface area contributed by atoms with E-state index in [1.165, 1.54) is 27.8 Å². The van der Waals surface area contributed by atoms with Gasteiger partial charge in [-0.25, -0.2) is 13.2 Å². The Balaban J connectivity index is 1.40. The number of rotatable bonds is 8. The highest BCUT2D eigenvalue weighted by molar-refractivity contribution is 7.89. The van der Waals surface area contributed by atoms with E-state index >= 15 is 0 Å². The number of esters is 1. The number of piperazine rings is 1. The molecule has 190 valence electrons. The highest BCUT2D eigenvalue weighted by atomic mass is 35.5. The monoisotopic (exact) mass is 547 g/mol. The zero-order valence-electron chi connectivity index (χ0n) is 19.6. The van der Waals surface area contributed by atoms with Gasteiger partial charge in [0.1, 0.15) is 4.88 Å². The topological polar surface area (TPSA) is 96.0 Å². The Bertz CT molecular complexity index is 1340. The summed E-state index contributed by atoms with van der Waals surface area (Å²) in [5.74, 6) is -0.774. The molecule has 1 aliphatic heterocycles. The number of anilines is 1. The second kappa shape index (κ2) is 11.5. The maximum absolute atomic E-state index is 12.9. The van der Waals surface area contributed by atoms with Gasteiger partial charge in [-0.15, -0.1) is 11.3 Å². The van der Waals surface area contributed by atoms with E-state index in [0.29, 0.717) is 28.7 Å². The van der Waals surface area contributed by atoms with Crippen molar-refractivity contribution in [3.05, 3.63) is 70.6 Å². The molecule has 0 radical (unpaired) electrons. The van der Waals surface area contributed by atoms with E-state index in [1.54, 1.807) is 25.1 Å². The lowest BCUT2D eigenvalue weighted by Gasteiger charge is -2.33. The number of hydrogen-bond donors (Lipinski definition) is 1.